The zero-order chi connectivity index (χ0) is 42.9. The molecule has 13 nitrogen and oxygen atoms in total. The van der Waals surface area contributed by atoms with Crippen LogP contribution >= 0.6 is 7.52 Å². The molecule has 8 rings (SSSR count). The maximum Gasteiger partial charge on any atom is 0.323 e. The molecule has 3 saturated heterocycles. The van der Waals surface area contributed by atoms with Crippen LogP contribution in [0.15, 0.2) is 89.9 Å². The molecule has 4 N–H and O–H groups in total. The van der Waals surface area contributed by atoms with E-state index in [-0.39, 0.29) is 23.4 Å². The molecule has 1 saturated carbocycles. The minimum absolute atomic E-state index is 0.0257. The number of para-hydroxylation sites is 1. The van der Waals surface area contributed by atoms with Gasteiger partial charge in [-0.1, -0.05) is 55.3 Å². The van der Waals surface area contributed by atoms with E-state index in [1.54, 1.807) is 69.4 Å². The first-order valence-electron chi connectivity index (χ1n) is 21.1. The van der Waals surface area contributed by atoms with Gasteiger partial charge in [-0.15, -0.1) is 0 Å². The van der Waals surface area contributed by atoms with Crippen LogP contribution < -0.4 is 20.9 Å². The number of pyridine rings is 1. The van der Waals surface area contributed by atoms with Crippen LogP contribution in [-0.2, 0) is 29.8 Å². The highest BCUT2D eigenvalue weighted by atomic mass is 31.2. The number of carbonyl (C=O) groups is 4. The number of aromatic amines is 1. The molecule has 0 bridgehead atoms. The monoisotopic (exact) mass is 839 g/mol. The molecule has 3 amide bonds. The average molecular weight is 840 g/mol. The number of amides is 3. The number of hydrogen-bond acceptors (Lipinski definition) is 8. The van der Waals surface area contributed by atoms with Crippen LogP contribution in [0.1, 0.15) is 112 Å². The Morgan fingerprint density at radius 2 is 1.70 bits per heavy atom. The average Bonchev–Trinajstić information content (AvgIpc) is 3.67. The van der Waals surface area contributed by atoms with Gasteiger partial charge in [0.05, 0.1) is 12.3 Å². The van der Waals surface area contributed by atoms with Gasteiger partial charge in [0.15, 0.2) is 0 Å². The van der Waals surface area contributed by atoms with E-state index in [1.165, 1.54) is 32.1 Å². The Morgan fingerprint density at radius 1 is 0.950 bits per heavy atom. The molecule has 3 aromatic carbocycles. The van der Waals surface area contributed by atoms with Crippen molar-refractivity contribution >= 4 is 42.5 Å². The zero-order valence-electron chi connectivity index (χ0n) is 34.8. The number of aromatic nitrogens is 1. The normalized spacial score (nSPS) is 20.6. The number of rotatable bonds is 11. The Bertz CT molecular complexity index is 2240. The van der Waals surface area contributed by atoms with Crippen molar-refractivity contribution in [2.24, 2.45) is 5.73 Å². The third kappa shape index (κ3) is 11.7. The highest BCUT2D eigenvalue weighted by Gasteiger charge is 2.54. The lowest BCUT2D eigenvalue weighted by molar-refractivity contribution is -0.149. The fourth-order valence-electron chi connectivity index (χ4n) is 8.47. The van der Waals surface area contributed by atoms with Gasteiger partial charge in [0.2, 0.25) is 23.8 Å². The summed E-state index contributed by atoms with van der Waals surface area (Å²) in [5.74, 6) is 0.132. The van der Waals surface area contributed by atoms with Gasteiger partial charge in [0, 0.05) is 54.8 Å². The minimum atomic E-state index is -3.57. The number of benzene rings is 3. The predicted octanol–water partition coefficient (Wildman–Crippen LogP) is 7.44. The highest BCUT2D eigenvalue weighted by Crippen LogP contribution is 2.53. The Kier molecular flexibility index (Phi) is 14.7. The summed E-state index contributed by atoms with van der Waals surface area (Å²) in [6.45, 7) is 6.88. The van der Waals surface area contributed by atoms with Crippen molar-refractivity contribution in [2.75, 3.05) is 13.1 Å². The van der Waals surface area contributed by atoms with E-state index in [1.807, 2.05) is 41.3 Å². The first kappa shape index (κ1) is 44.3. The minimum Gasteiger partial charge on any atom is -0.462 e. The second-order valence-electron chi connectivity index (χ2n) is 16.7. The topological polar surface area (TPSA) is 181 Å². The van der Waals surface area contributed by atoms with Gasteiger partial charge < -0.3 is 29.8 Å². The Balaban J connectivity index is 0.000000176. The van der Waals surface area contributed by atoms with E-state index in [2.05, 4.69) is 15.0 Å². The van der Waals surface area contributed by atoms with Crippen LogP contribution in [0.25, 0.3) is 10.8 Å². The second kappa shape index (κ2) is 19.9. The van der Waals surface area contributed by atoms with Gasteiger partial charge in [0.25, 0.3) is 0 Å². The number of H-pyrrole nitrogens is 1. The quantitative estimate of drug-likeness (QED) is 0.0786. The molecule has 4 fully saturated rings. The van der Waals surface area contributed by atoms with Crippen LogP contribution in [0.5, 0.6) is 5.75 Å². The number of primary amides is 1. The van der Waals surface area contributed by atoms with Gasteiger partial charge in [-0.2, -0.15) is 0 Å². The molecule has 0 radical (unpaired) electrons. The molecule has 1 spiro atoms. The summed E-state index contributed by atoms with van der Waals surface area (Å²) in [5, 5.41) is 4.56. The third-order valence-corrected chi connectivity index (χ3v) is 13.7. The van der Waals surface area contributed by atoms with E-state index < -0.39 is 25.4 Å². The molecule has 1 aliphatic carbocycles. The Hall–Kier alpha value is -5.26. The number of esters is 1. The van der Waals surface area contributed by atoms with Crippen LogP contribution in [0.3, 0.4) is 0 Å². The van der Waals surface area contributed by atoms with E-state index in [0.29, 0.717) is 29.2 Å². The van der Waals surface area contributed by atoms with E-state index in [4.69, 9.17) is 15.0 Å². The molecule has 4 aliphatic rings. The number of likely N-dealkylation sites (tertiary alicyclic amines) is 1. The van der Waals surface area contributed by atoms with E-state index in [9.17, 15) is 28.5 Å². The molecule has 4 heterocycles. The van der Waals surface area contributed by atoms with Gasteiger partial charge in [0.1, 0.15) is 11.8 Å². The van der Waals surface area contributed by atoms with Crippen molar-refractivity contribution in [2.45, 2.75) is 121 Å². The van der Waals surface area contributed by atoms with Crippen LogP contribution in [0.2, 0.25) is 0 Å². The van der Waals surface area contributed by atoms with Crippen molar-refractivity contribution in [1.29, 1.82) is 0 Å². The molecule has 2 unspecified atom stereocenters. The van der Waals surface area contributed by atoms with Gasteiger partial charge in [-0.25, -0.2) is 5.09 Å². The number of nitrogens with two attached hydrogens (primary N) is 1. The number of ether oxygens (including phenoxy) is 1. The Labute approximate surface area is 351 Å². The molecular weight excluding hydrogens is 782 g/mol. The van der Waals surface area contributed by atoms with Gasteiger partial charge >= 0.3 is 13.5 Å². The summed E-state index contributed by atoms with van der Waals surface area (Å²) >= 11 is 0. The first-order chi connectivity index (χ1) is 28.8. The van der Waals surface area contributed by atoms with E-state index in [0.717, 1.165) is 73.5 Å². The maximum atomic E-state index is 13.8. The fourth-order valence-corrected chi connectivity index (χ4v) is 10.5. The molecule has 14 heteroatoms. The molecule has 3 aliphatic heterocycles. The zero-order valence-corrected chi connectivity index (χ0v) is 35.7. The smallest absolute Gasteiger partial charge is 0.323 e. The van der Waals surface area contributed by atoms with Crippen LogP contribution in [0.4, 0.5) is 0 Å². The predicted molar refractivity (Wildman–Crippen MR) is 232 cm³/mol. The second-order valence-corrected chi connectivity index (χ2v) is 18.8. The molecule has 60 heavy (non-hydrogen) atoms. The number of nitrogens with zero attached hydrogens (tertiary/aromatic N) is 2. The molecular formula is C46H58N5O8P. The van der Waals surface area contributed by atoms with Crippen molar-refractivity contribution in [3.05, 3.63) is 112 Å². The fraction of sp³-hybridized carbons (Fsp3) is 0.457. The lowest BCUT2D eigenvalue weighted by Gasteiger charge is -2.26. The van der Waals surface area contributed by atoms with Gasteiger partial charge in [-0.3, -0.25) is 28.5 Å². The standard InChI is InChI=1S/C24H27N2O5P.C12H14N2O2.C10H17NO/c1-16(2)30-24(28)17(3)26-32(29,31-22-7-5-4-6-8-22)15-18-9-10-19-11-12-20(23(25)27)14-21(19)13-18;15-8-14-7-10(6-12(14)2-3-12)9-1-4-13-11(16)5-9;12-10-7-3-1-2-5-9-6-4-8-11(9)10/h4-14,16-17H,15H2,1-3H3,(H2,25,27)(H,26,29);1,4-5,8,10H,2-3,6-7H2,(H,13,16);9H,1-8H2/t;10-;9-/m.10/s1. The molecule has 320 valence electrons. The molecule has 4 aromatic rings. The Morgan fingerprint density at radius 3 is 2.38 bits per heavy atom. The SMILES string of the molecule is CC(C)OC(=O)C(C)NP(=O)(Cc1ccc2ccc(C(N)=O)cc2c1)Oc1ccccc1.O=C1CCCCC[C@H]2CCCN12.O=CN1C[C@H](c2cc[nH]c(=O)c2)CC12CC2. The summed E-state index contributed by atoms with van der Waals surface area (Å²) in [7, 11) is -3.57. The number of hydrogen-bond donors (Lipinski definition) is 3. The summed E-state index contributed by atoms with van der Waals surface area (Å²) in [5.41, 5.74) is 7.62. The molecule has 4 atom stereocenters. The molecule has 1 aromatic heterocycles. The van der Waals surface area contributed by atoms with Crippen molar-refractivity contribution in [3.8, 4) is 5.75 Å². The van der Waals surface area contributed by atoms with Crippen LogP contribution in [-0.4, -0.2) is 75.8 Å². The number of carbonyl (C=O) groups excluding carboxylic acids is 4. The lowest BCUT2D eigenvalue weighted by atomic mass is 9.96. The van der Waals surface area contributed by atoms with Crippen molar-refractivity contribution < 1.29 is 33.0 Å². The lowest BCUT2D eigenvalue weighted by Crippen LogP contribution is -2.36. The first-order valence-corrected chi connectivity index (χ1v) is 22.9. The van der Waals surface area contributed by atoms with Crippen LogP contribution in [0, 0.1) is 0 Å². The number of fused-ring (bicyclic) bond motifs is 2. The summed E-state index contributed by atoms with van der Waals surface area (Å²) in [6, 6.07) is 22.8. The van der Waals surface area contributed by atoms with Crippen molar-refractivity contribution in [3.63, 3.8) is 0 Å². The number of nitrogens with one attached hydrogen (secondary N) is 2. The van der Waals surface area contributed by atoms with Crippen molar-refractivity contribution in [1.82, 2.24) is 19.9 Å². The summed E-state index contributed by atoms with van der Waals surface area (Å²) < 4.78 is 24.9. The van der Waals surface area contributed by atoms with E-state index >= 15 is 0 Å². The highest BCUT2D eigenvalue weighted by molar-refractivity contribution is 7.56. The summed E-state index contributed by atoms with van der Waals surface area (Å²) in [6.07, 6.45) is 13.9. The summed E-state index contributed by atoms with van der Waals surface area (Å²) in [4.78, 5) is 64.3. The largest absolute Gasteiger partial charge is 0.462 e. The van der Waals surface area contributed by atoms with Gasteiger partial charge in [-0.05, 0) is 118 Å². The third-order valence-electron chi connectivity index (χ3n) is 11.7. The maximum absolute atomic E-state index is 13.8.